The maximum absolute atomic E-state index is 12.1. The smallest absolute Gasteiger partial charge is 0.306 e. The van der Waals surface area contributed by atoms with Gasteiger partial charge in [0.25, 0.3) is 0 Å². The maximum atomic E-state index is 12.1. The monoisotopic (exact) mass is 979 g/mol. The molecule has 0 fully saturated rings. The molecule has 4 nitrogen and oxygen atoms in total. The van der Waals surface area contributed by atoms with Gasteiger partial charge in [-0.2, -0.15) is 0 Å². The first-order chi connectivity index (χ1) is 34.4. The largest absolute Gasteiger partial charge is 0.462 e. The fourth-order valence-corrected chi connectivity index (χ4v) is 7.99. The van der Waals surface area contributed by atoms with E-state index in [1.807, 2.05) is 6.08 Å². The van der Waals surface area contributed by atoms with Crippen LogP contribution in [0.15, 0.2) is 73.4 Å². The van der Waals surface area contributed by atoms with Crippen LogP contribution in [0.3, 0.4) is 0 Å². The van der Waals surface area contributed by atoms with Crippen LogP contribution >= 0.6 is 0 Å². The summed E-state index contributed by atoms with van der Waals surface area (Å²) in [6.07, 6.45) is 78.8. The molecule has 0 aromatic carbocycles. The van der Waals surface area contributed by atoms with Gasteiger partial charge in [-0.1, -0.05) is 256 Å². The number of carbonyl (C=O) groups is 2. The molecule has 0 N–H and O–H groups in total. The van der Waals surface area contributed by atoms with Crippen molar-refractivity contribution in [2.75, 3.05) is 6.61 Å². The molecule has 0 aliphatic rings. The van der Waals surface area contributed by atoms with Crippen molar-refractivity contribution in [2.45, 2.75) is 330 Å². The average Bonchev–Trinajstić information content (AvgIpc) is 3.36. The molecular formula is C66H122O4. The molecule has 0 bridgehead atoms. The Kier molecular flexibility index (Phi) is 70.1. The second kappa shape index (κ2) is 68.5. The van der Waals surface area contributed by atoms with Crippen LogP contribution in [0, 0.1) is 0 Å². The minimum absolute atomic E-state index is 0.158. The highest BCUT2D eigenvalue weighted by Crippen LogP contribution is 2.14. The zero-order valence-electron chi connectivity index (χ0n) is 48.1. The number of rotatable bonds is 51. The molecule has 70 heavy (non-hydrogen) atoms. The third-order valence-electron chi connectivity index (χ3n) is 12.6. The second-order valence-electron chi connectivity index (χ2n) is 20.0. The predicted octanol–water partition coefficient (Wildman–Crippen LogP) is 22.7. The van der Waals surface area contributed by atoms with Crippen LogP contribution < -0.4 is 0 Å². The van der Waals surface area contributed by atoms with Crippen LogP contribution in [0.2, 0.25) is 0 Å². The van der Waals surface area contributed by atoms with E-state index in [0.29, 0.717) is 12.8 Å². The highest BCUT2D eigenvalue weighted by Gasteiger charge is 2.12. The molecule has 0 saturated carbocycles. The quantitative estimate of drug-likeness (QED) is 0.0346. The van der Waals surface area contributed by atoms with Crippen LogP contribution in [-0.2, 0) is 19.1 Å². The fourth-order valence-electron chi connectivity index (χ4n) is 7.99. The summed E-state index contributed by atoms with van der Waals surface area (Å²) in [7, 11) is 0. The normalized spacial score (nSPS) is 12.0. The van der Waals surface area contributed by atoms with Gasteiger partial charge in [-0.05, 0) is 122 Å². The minimum Gasteiger partial charge on any atom is -0.462 e. The van der Waals surface area contributed by atoms with E-state index in [9.17, 15) is 9.59 Å². The van der Waals surface area contributed by atoms with E-state index in [1.54, 1.807) is 6.92 Å². The number of carbonyl (C=O) groups excluding carboxylic acids is 2. The Morgan fingerprint density at radius 3 is 0.943 bits per heavy atom. The van der Waals surface area contributed by atoms with Crippen molar-refractivity contribution in [1.82, 2.24) is 0 Å². The van der Waals surface area contributed by atoms with Crippen molar-refractivity contribution >= 4 is 11.9 Å². The molecule has 0 spiro atoms. The van der Waals surface area contributed by atoms with Gasteiger partial charge in [-0.15, -0.1) is 6.58 Å². The van der Waals surface area contributed by atoms with Crippen molar-refractivity contribution in [3.8, 4) is 0 Å². The summed E-state index contributed by atoms with van der Waals surface area (Å²) in [4.78, 5) is 24.1. The Hall–Kier alpha value is -2.62. The van der Waals surface area contributed by atoms with E-state index in [1.165, 1.54) is 231 Å². The Labute approximate surface area is 439 Å². The molecule has 0 aromatic rings. The molecule has 0 rings (SSSR count). The number of unbranched alkanes of at least 4 members (excludes halogenated alkanes) is 33. The summed E-state index contributed by atoms with van der Waals surface area (Å²) in [5, 5.41) is 0. The lowest BCUT2D eigenvalue weighted by Crippen LogP contribution is -2.22. The van der Waals surface area contributed by atoms with E-state index < -0.39 is 0 Å². The van der Waals surface area contributed by atoms with E-state index in [4.69, 9.17) is 9.47 Å². The third kappa shape index (κ3) is 71.9. The molecule has 1 atom stereocenters. The number of hydrogen-bond donors (Lipinski definition) is 0. The Morgan fingerprint density at radius 2 is 0.600 bits per heavy atom. The molecule has 410 valence electrons. The summed E-state index contributed by atoms with van der Waals surface area (Å²) in [6, 6.07) is 0. The molecule has 0 saturated heterocycles. The van der Waals surface area contributed by atoms with Crippen LogP contribution in [0.4, 0.5) is 0 Å². The molecule has 0 radical (unpaired) electrons. The van der Waals surface area contributed by atoms with Gasteiger partial charge in [-0.25, -0.2) is 0 Å². The molecule has 0 aromatic heterocycles. The van der Waals surface area contributed by atoms with Crippen molar-refractivity contribution in [2.24, 2.45) is 0 Å². The SMILES string of the molecule is C=CC/C=C\CCCCC.CCCCC/C=C/C/C=C\CCCCCCC.CCCCC/C=C/CCCCCCCCCCC(=O)OC[C@H](C)OC(=O)CCCCCCC/C=C/CCCCCCCC. The Balaban J connectivity index is -0.00000134. The van der Waals surface area contributed by atoms with Crippen LogP contribution in [0.1, 0.15) is 324 Å². The van der Waals surface area contributed by atoms with Crippen LogP contribution in [0.25, 0.3) is 0 Å². The van der Waals surface area contributed by atoms with Gasteiger partial charge in [0.05, 0.1) is 0 Å². The molecule has 4 heteroatoms. The Bertz CT molecular complexity index is 1160. The van der Waals surface area contributed by atoms with E-state index in [0.717, 1.165) is 38.5 Å². The van der Waals surface area contributed by atoms with Gasteiger partial charge in [0.15, 0.2) is 0 Å². The number of allylic oxidation sites excluding steroid dienone is 11. The number of esters is 2. The van der Waals surface area contributed by atoms with Crippen molar-refractivity contribution in [1.29, 1.82) is 0 Å². The lowest BCUT2D eigenvalue weighted by molar-refractivity contribution is -0.158. The summed E-state index contributed by atoms with van der Waals surface area (Å²) < 4.78 is 10.7. The molecule has 0 unspecified atom stereocenters. The number of hydrogen-bond acceptors (Lipinski definition) is 4. The summed E-state index contributed by atoms with van der Waals surface area (Å²) in [5.41, 5.74) is 0. The third-order valence-corrected chi connectivity index (χ3v) is 12.6. The van der Waals surface area contributed by atoms with Crippen molar-refractivity contribution in [3.05, 3.63) is 73.4 Å². The van der Waals surface area contributed by atoms with Gasteiger partial charge in [0, 0.05) is 12.8 Å². The average molecular weight is 980 g/mol. The predicted molar refractivity (Wildman–Crippen MR) is 314 cm³/mol. The maximum Gasteiger partial charge on any atom is 0.306 e. The lowest BCUT2D eigenvalue weighted by atomic mass is 10.1. The van der Waals surface area contributed by atoms with Gasteiger partial charge in [-0.3, -0.25) is 9.59 Å². The number of ether oxygens (including phenoxy) is 2. The van der Waals surface area contributed by atoms with Crippen molar-refractivity contribution < 1.29 is 19.1 Å². The zero-order valence-corrected chi connectivity index (χ0v) is 48.1. The topological polar surface area (TPSA) is 52.6 Å². The van der Waals surface area contributed by atoms with Gasteiger partial charge >= 0.3 is 11.9 Å². The fraction of sp³-hybridized carbons (Fsp3) is 0.788. The summed E-state index contributed by atoms with van der Waals surface area (Å²) in [5.74, 6) is -0.358. The van der Waals surface area contributed by atoms with Gasteiger partial charge in [0.1, 0.15) is 12.7 Å². The van der Waals surface area contributed by atoms with E-state index in [-0.39, 0.29) is 24.6 Å². The summed E-state index contributed by atoms with van der Waals surface area (Å²) >= 11 is 0. The summed E-state index contributed by atoms with van der Waals surface area (Å²) in [6.45, 7) is 16.9. The minimum atomic E-state index is -0.379. The Morgan fingerprint density at radius 1 is 0.343 bits per heavy atom. The van der Waals surface area contributed by atoms with Crippen LogP contribution in [-0.4, -0.2) is 24.6 Å². The van der Waals surface area contributed by atoms with Crippen LogP contribution in [0.5, 0.6) is 0 Å². The van der Waals surface area contributed by atoms with E-state index in [2.05, 4.69) is 102 Å². The molecular weight excluding hydrogens is 857 g/mol. The van der Waals surface area contributed by atoms with Gasteiger partial charge in [0.2, 0.25) is 0 Å². The molecule has 0 amide bonds. The molecule has 0 aliphatic heterocycles. The van der Waals surface area contributed by atoms with Crippen molar-refractivity contribution in [3.63, 3.8) is 0 Å². The molecule has 0 heterocycles. The first kappa shape index (κ1) is 71.6. The lowest BCUT2D eigenvalue weighted by Gasteiger charge is -2.13. The molecule has 0 aliphatic carbocycles. The first-order valence-corrected chi connectivity index (χ1v) is 30.6. The highest BCUT2D eigenvalue weighted by atomic mass is 16.6. The zero-order chi connectivity index (χ0) is 51.7. The van der Waals surface area contributed by atoms with E-state index >= 15 is 0 Å². The first-order valence-electron chi connectivity index (χ1n) is 30.6. The standard InChI is InChI=1S/C39H72O4.C17H32.C10H18/c1-4-6-8-10-12-14-16-18-20-22-24-26-28-30-32-34-38(40)42-36-37(3)43-39(41)35-33-31-29-27-25-23-21-19-17-15-13-11-9-7-5-2;1-3-5-7-9-11-13-15-17-16-14-12-10-8-6-4-2;1-3-5-7-9-10-8-6-4-2/h12,14,19,21,37H,4-11,13,15-18,20,22-36H2,1-3H3;11,13,16-17H,3-10,12,14-15H2,1-2H3;3,7,9H,1,4-6,8,10H2,2H3/b14-12+,21-19+;13-11+,17-16-;9-7-/t37-;;/m0../s1. The second-order valence-corrected chi connectivity index (χ2v) is 20.0. The van der Waals surface area contributed by atoms with Gasteiger partial charge < -0.3 is 9.47 Å². The highest BCUT2D eigenvalue weighted by molar-refractivity contribution is 5.70.